The van der Waals surface area contributed by atoms with E-state index in [4.69, 9.17) is 0 Å². The molecule has 29 heavy (non-hydrogen) atoms. The van der Waals surface area contributed by atoms with Gasteiger partial charge >= 0.3 is 0 Å². The van der Waals surface area contributed by atoms with E-state index in [1.165, 1.54) is 76.2 Å². The van der Waals surface area contributed by atoms with Gasteiger partial charge in [-0.1, -0.05) is 114 Å². The van der Waals surface area contributed by atoms with Crippen LogP contribution in [0.2, 0.25) is 0 Å². The summed E-state index contributed by atoms with van der Waals surface area (Å²) in [5, 5.41) is 23.1. The molecule has 0 aromatic heterocycles. The summed E-state index contributed by atoms with van der Waals surface area (Å²) in [4.78, 5) is 0. The average Bonchev–Trinajstić information content (AvgIpc) is 2.75. The largest absolute Gasteiger partial charge is 0.395 e. The lowest BCUT2D eigenvalue weighted by atomic mass is 10.0. The lowest BCUT2D eigenvalue weighted by Crippen LogP contribution is -2.42. The Hall–Kier alpha value is -1.16. The van der Waals surface area contributed by atoms with Gasteiger partial charge in [0.15, 0.2) is 0 Å². The predicted molar refractivity (Wildman–Crippen MR) is 125 cm³/mol. The summed E-state index contributed by atoms with van der Waals surface area (Å²) in [5.74, 6) is 0. The van der Waals surface area contributed by atoms with E-state index in [2.05, 4.69) is 30.4 Å². The maximum atomic E-state index is 10.3. The Balaban J connectivity index is 2.00. The van der Waals surface area contributed by atoms with E-state index in [0.717, 1.165) is 19.4 Å². The van der Waals surface area contributed by atoms with Crippen LogP contribution in [-0.2, 0) is 6.42 Å². The highest BCUT2D eigenvalue weighted by atomic mass is 16.3. The number of hydrogen-bond donors (Lipinski definition) is 3. The number of benzene rings is 1. The summed E-state index contributed by atoms with van der Waals surface area (Å²) in [5.41, 5.74) is 1.26. The SMILES string of the molecule is CCCCCCCCCCCCC/C=C/[C@@H](O)[C@H](CO)NCCc1ccccc1. The van der Waals surface area contributed by atoms with Gasteiger partial charge in [0.25, 0.3) is 0 Å². The number of aliphatic hydroxyl groups excluding tert-OH is 2. The van der Waals surface area contributed by atoms with Crippen LogP contribution in [0.5, 0.6) is 0 Å². The van der Waals surface area contributed by atoms with E-state index < -0.39 is 6.10 Å². The van der Waals surface area contributed by atoms with Crippen molar-refractivity contribution < 1.29 is 10.2 Å². The lowest BCUT2D eigenvalue weighted by molar-refractivity contribution is 0.123. The highest BCUT2D eigenvalue weighted by molar-refractivity contribution is 5.14. The van der Waals surface area contributed by atoms with Crippen LogP contribution >= 0.6 is 0 Å². The first-order valence-corrected chi connectivity index (χ1v) is 12.0. The van der Waals surface area contributed by atoms with Crippen LogP contribution in [0.15, 0.2) is 42.5 Å². The molecule has 0 amide bonds. The molecule has 3 heteroatoms. The molecule has 0 heterocycles. The maximum absolute atomic E-state index is 10.3. The minimum Gasteiger partial charge on any atom is -0.395 e. The third-order valence-corrected chi connectivity index (χ3v) is 5.58. The molecule has 1 rings (SSSR count). The fourth-order valence-corrected chi connectivity index (χ4v) is 3.64. The summed E-state index contributed by atoms with van der Waals surface area (Å²) in [7, 11) is 0. The molecule has 1 aromatic rings. The van der Waals surface area contributed by atoms with Crippen LogP contribution < -0.4 is 5.32 Å². The van der Waals surface area contributed by atoms with Crippen molar-refractivity contribution in [3.8, 4) is 0 Å². The van der Waals surface area contributed by atoms with Crippen molar-refractivity contribution in [1.29, 1.82) is 0 Å². The molecule has 0 fully saturated rings. The molecule has 2 atom stereocenters. The van der Waals surface area contributed by atoms with Gasteiger partial charge in [-0.3, -0.25) is 0 Å². The van der Waals surface area contributed by atoms with Crippen molar-refractivity contribution in [2.75, 3.05) is 13.2 Å². The van der Waals surface area contributed by atoms with Crippen molar-refractivity contribution in [3.05, 3.63) is 48.0 Å². The van der Waals surface area contributed by atoms with Gasteiger partial charge in [-0.05, 0) is 31.4 Å². The fourth-order valence-electron chi connectivity index (χ4n) is 3.64. The standard InChI is InChI=1S/C26H45NO2/c1-2-3-4-5-6-7-8-9-10-11-12-13-17-20-26(29)25(23-28)27-22-21-24-18-15-14-16-19-24/h14-20,25-29H,2-13,21-23H2,1H3/b20-17+/t25-,26+/m0/s1. The molecular formula is C26H45NO2. The molecule has 0 saturated heterocycles. The van der Waals surface area contributed by atoms with Crippen LogP contribution in [0, 0.1) is 0 Å². The Morgan fingerprint density at radius 1 is 0.862 bits per heavy atom. The molecule has 0 saturated carbocycles. The van der Waals surface area contributed by atoms with Crippen LogP contribution in [0.4, 0.5) is 0 Å². The molecule has 1 aromatic carbocycles. The van der Waals surface area contributed by atoms with E-state index >= 15 is 0 Å². The second kappa shape index (κ2) is 18.8. The summed E-state index contributed by atoms with van der Waals surface area (Å²) < 4.78 is 0. The number of allylic oxidation sites excluding steroid dienone is 1. The van der Waals surface area contributed by atoms with E-state index in [-0.39, 0.29) is 12.6 Å². The van der Waals surface area contributed by atoms with Crippen molar-refractivity contribution >= 4 is 0 Å². The van der Waals surface area contributed by atoms with Gasteiger partial charge in [0, 0.05) is 0 Å². The molecule has 0 radical (unpaired) electrons. The van der Waals surface area contributed by atoms with E-state index in [0.29, 0.717) is 0 Å². The van der Waals surface area contributed by atoms with Crippen LogP contribution in [0.1, 0.15) is 89.5 Å². The van der Waals surface area contributed by atoms with E-state index in [1.54, 1.807) is 0 Å². The Kier molecular flexibility index (Phi) is 16.8. The molecule has 3 N–H and O–H groups in total. The van der Waals surface area contributed by atoms with E-state index in [1.807, 2.05) is 24.3 Å². The Morgan fingerprint density at radius 2 is 1.45 bits per heavy atom. The van der Waals surface area contributed by atoms with Crippen LogP contribution in [0.25, 0.3) is 0 Å². The van der Waals surface area contributed by atoms with Gasteiger partial charge in [0.2, 0.25) is 0 Å². The molecule has 0 spiro atoms. The van der Waals surface area contributed by atoms with Gasteiger partial charge < -0.3 is 15.5 Å². The summed E-state index contributed by atoms with van der Waals surface area (Å²) >= 11 is 0. The van der Waals surface area contributed by atoms with Crippen molar-refractivity contribution in [2.24, 2.45) is 0 Å². The number of aliphatic hydroxyl groups is 2. The van der Waals surface area contributed by atoms with Crippen molar-refractivity contribution in [3.63, 3.8) is 0 Å². The topological polar surface area (TPSA) is 52.5 Å². The highest BCUT2D eigenvalue weighted by Crippen LogP contribution is 2.12. The van der Waals surface area contributed by atoms with Gasteiger partial charge in [-0.2, -0.15) is 0 Å². The normalized spacial score (nSPS) is 13.8. The van der Waals surface area contributed by atoms with Gasteiger partial charge in [0.05, 0.1) is 18.8 Å². The zero-order valence-corrected chi connectivity index (χ0v) is 18.7. The van der Waals surface area contributed by atoms with Crippen LogP contribution in [0.3, 0.4) is 0 Å². The molecule has 0 aliphatic carbocycles. The molecule has 0 bridgehead atoms. The molecule has 0 unspecified atom stereocenters. The quantitative estimate of drug-likeness (QED) is 0.202. The Morgan fingerprint density at radius 3 is 2.03 bits per heavy atom. The van der Waals surface area contributed by atoms with Gasteiger partial charge in [0.1, 0.15) is 0 Å². The zero-order valence-electron chi connectivity index (χ0n) is 18.7. The second-order valence-electron chi connectivity index (χ2n) is 8.22. The Labute approximate surface area is 179 Å². The number of hydrogen-bond acceptors (Lipinski definition) is 3. The summed E-state index contributed by atoms with van der Waals surface area (Å²) in [6.07, 6.45) is 20.1. The second-order valence-corrected chi connectivity index (χ2v) is 8.22. The third-order valence-electron chi connectivity index (χ3n) is 5.58. The number of unbranched alkanes of at least 4 members (excludes halogenated alkanes) is 11. The minimum atomic E-state index is -0.636. The van der Waals surface area contributed by atoms with Crippen LogP contribution in [-0.4, -0.2) is 35.5 Å². The molecule has 166 valence electrons. The highest BCUT2D eigenvalue weighted by Gasteiger charge is 2.14. The smallest absolute Gasteiger partial charge is 0.0896 e. The van der Waals surface area contributed by atoms with Crippen molar-refractivity contribution in [1.82, 2.24) is 5.32 Å². The minimum absolute atomic E-state index is 0.0568. The maximum Gasteiger partial charge on any atom is 0.0896 e. The monoisotopic (exact) mass is 403 g/mol. The molecule has 0 aliphatic rings. The summed E-state index contributed by atoms with van der Waals surface area (Å²) in [6, 6.07) is 9.97. The fraction of sp³-hybridized carbons (Fsp3) is 0.692. The predicted octanol–water partition coefficient (Wildman–Crippen LogP) is 5.80. The Bertz CT molecular complexity index is 489. The van der Waals surface area contributed by atoms with Crippen molar-refractivity contribution in [2.45, 2.75) is 103 Å². The number of nitrogens with one attached hydrogen (secondary N) is 1. The summed E-state index contributed by atoms with van der Waals surface area (Å²) in [6.45, 7) is 2.96. The average molecular weight is 404 g/mol. The first-order chi connectivity index (χ1) is 14.3. The number of rotatable bonds is 19. The van der Waals surface area contributed by atoms with Gasteiger partial charge in [-0.25, -0.2) is 0 Å². The van der Waals surface area contributed by atoms with E-state index in [9.17, 15) is 10.2 Å². The third kappa shape index (κ3) is 14.5. The van der Waals surface area contributed by atoms with Gasteiger partial charge in [-0.15, -0.1) is 0 Å². The first-order valence-electron chi connectivity index (χ1n) is 12.0. The molecular weight excluding hydrogens is 358 g/mol. The zero-order chi connectivity index (χ0) is 21.0. The lowest BCUT2D eigenvalue weighted by Gasteiger charge is -2.20. The first kappa shape index (κ1) is 25.9. The molecule has 3 nitrogen and oxygen atoms in total. The molecule has 0 aliphatic heterocycles.